The third-order valence-electron chi connectivity index (χ3n) is 1.90. The van der Waals surface area contributed by atoms with Gasteiger partial charge in [-0.05, 0) is 0 Å². The number of rotatable bonds is 3. The van der Waals surface area contributed by atoms with E-state index in [4.69, 9.17) is 0 Å². The SMILES string of the molecule is CN1C(=O)CC(NCC(F)F)C1=O. The van der Waals surface area contributed by atoms with Crippen molar-refractivity contribution in [3.8, 4) is 0 Å². The van der Waals surface area contributed by atoms with Gasteiger partial charge in [-0.3, -0.25) is 19.8 Å². The van der Waals surface area contributed by atoms with E-state index in [2.05, 4.69) is 5.32 Å². The second-order valence-corrected chi connectivity index (χ2v) is 2.85. The molecule has 1 atom stereocenters. The van der Waals surface area contributed by atoms with Gasteiger partial charge in [0.15, 0.2) is 0 Å². The lowest BCUT2D eigenvalue weighted by Gasteiger charge is -2.09. The molecule has 1 rings (SSSR count). The molecule has 0 spiro atoms. The van der Waals surface area contributed by atoms with E-state index in [-0.39, 0.29) is 12.3 Å². The summed E-state index contributed by atoms with van der Waals surface area (Å²) >= 11 is 0. The van der Waals surface area contributed by atoms with Crippen LogP contribution in [0.2, 0.25) is 0 Å². The lowest BCUT2D eigenvalue weighted by atomic mass is 10.2. The van der Waals surface area contributed by atoms with E-state index in [0.717, 1.165) is 4.90 Å². The van der Waals surface area contributed by atoms with Crippen molar-refractivity contribution in [2.75, 3.05) is 13.6 Å². The molecule has 1 aliphatic rings. The molecular formula is C7H10F2N2O2. The number of hydrogen-bond acceptors (Lipinski definition) is 3. The summed E-state index contributed by atoms with van der Waals surface area (Å²) in [5.74, 6) is -0.776. The zero-order valence-corrected chi connectivity index (χ0v) is 7.09. The van der Waals surface area contributed by atoms with E-state index < -0.39 is 24.9 Å². The van der Waals surface area contributed by atoms with Gasteiger partial charge in [0.2, 0.25) is 11.8 Å². The molecule has 0 aliphatic carbocycles. The Morgan fingerprint density at radius 3 is 2.62 bits per heavy atom. The quantitative estimate of drug-likeness (QED) is 0.619. The Kier molecular flexibility index (Phi) is 2.92. The highest BCUT2D eigenvalue weighted by Crippen LogP contribution is 2.10. The van der Waals surface area contributed by atoms with Crippen LogP contribution < -0.4 is 5.32 Å². The third kappa shape index (κ3) is 2.21. The van der Waals surface area contributed by atoms with E-state index >= 15 is 0 Å². The van der Waals surface area contributed by atoms with Gasteiger partial charge in [-0.2, -0.15) is 0 Å². The Bertz CT molecular complexity index is 233. The summed E-state index contributed by atoms with van der Waals surface area (Å²) in [5.41, 5.74) is 0. The number of nitrogens with zero attached hydrogens (tertiary/aromatic N) is 1. The fourth-order valence-electron chi connectivity index (χ4n) is 1.15. The van der Waals surface area contributed by atoms with Crippen LogP contribution in [0.5, 0.6) is 0 Å². The first-order valence-electron chi connectivity index (χ1n) is 3.84. The predicted octanol–water partition coefficient (Wildman–Crippen LogP) is -0.402. The minimum atomic E-state index is -2.51. The van der Waals surface area contributed by atoms with Crippen LogP contribution in [0.3, 0.4) is 0 Å². The summed E-state index contributed by atoms with van der Waals surface area (Å²) in [5, 5.41) is 2.33. The molecule has 1 saturated heterocycles. The molecule has 1 heterocycles. The minimum Gasteiger partial charge on any atom is -0.300 e. The Morgan fingerprint density at radius 2 is 2.23 bits per heavy atom. The van der Waals surface area contributed by atoms with Gasteiger partial charge in [0, 0.05) is 7.05 Å². The molecule has 0 aromatic rings. The highest BCUT2D eigenvalue weighted by Gasteiger charge is 2.35. The molecule has 1 N–H and O–H groups in total. The van der Waals surface area contributed by atoms with Crippen LogP contribution >= 0.6 is 0 Å². The molecule has 13 heavy (non-hydrogen) atoms. The van der Waals surface area contributed by atoms with Crippen LogP contribution in [0.4, 0.5) is 8.78 Å². The van der Waals surface area contributed by atoms with Gasteiger partial charge in [-0.25, -0.2) is 8.78 Å². The van der Waals surface area contributed by atoms with Gasteiger partial charge < -0.3 is 0 Å². The summed E-state index contributed by atoms with van der Waals surface area (Å²) in [6, 6.07) is -0.772. The lowest BCUT2D eigenvalue weighted by Crippen LogP contribution is -2.39. The fraction of sp³-hybridized carbons (Fsp3) is 0.714. The Balaban J connectivity index is 2.45. The molecule has 0 aromatic carbocycles. The van der Waals surface area contributed by atoms with Crippen LogP contribution in [-0.2, 0) is 9.59 Å². The van der Waals surface area contributed by atoms with Gasteiger partial charge in [0.1, 0.15) is 0 Å². The van der Waals surface area contributed by atoms with Crippen LogP contribution in [0.1, 0.15) is 6.42 Å². The van der Waals surface area contributed by atoms with Crippen molar-refractivity contribution in [1.29, 1.82) is 0 Å². The van der Waals surface area contributed by atoms with E-state index in [1.807, 2.05) is 0 Å². The van der Waals surface area contributed by atoms with Crippen molar-refractivity contribution in [3.05, 3.63) is 0 Å². The van der Waals surface area contributed by atoms with Crippen molar-refractivity contribution in [1.82, 2.24) is 10.2 Å². The largest absolute Gasteiger partial charge is 0.300 e. The van der Waals surface area contributed by atoms with Gasteiger partial charge in [0.05, 0.1) is 19.0 Å². The van der Waals surface area contributed by atoms with Crippen LogP contribution in [-0.4, -0.2) is 42.8 Å². The van der Waals surface area contributed by atoms with Gasteiger partial charge >= 0.3 is 0 Å². The van der Waals surface area contributed by atoms with Crippen LogP contribution in [0.15, 0.2) is 0 Å². The summed E-state index contributed by atoms with van der Waals surface area (Å²) in [6.45, 7) is -0.558. The Hall–Kier alpha value is -1.04. The van der Waals surface area contributed by atoms with Crippen LogP contribution in [0, 0.1) is 0 Å². The highest BCUT2D eigenvalue weighted by atomic mass is 19.3. The molecular weight excluding hydrogens is 182 g/mol. The zero-order valence-electron chi connectivity index (χ0n) is 7.09. The summed E-state index contributed by atoms with van der Waals surface area (Å²) in [4.78, 5) is 23.0. The third-order valence-corrected chi connectivity index (χ3v) is 1.90. The number of hydrogen-bond donors (Lipinski definition) is 1. The molecule has 0 saturated carbocycles. The number of amides is 2. The molecule has 1 fully saturated rings. The standard InChI is InChI=1S/C7H10F2N2O2/c1-11-6(12)2-4(7(11)13)10-3-5(8)9/h4-5,10H,2-3H2,1H3. The topological polar surface area (TPSA) is 49.4 Å². The smallest absolute Gasteiger partial charge is 0.250 e. The van der Waals surface area contributed by atoms with Crippen molar-refractivity contribution < 1.29 is 18.4 Å². The Morgan fingerprint density at radius 1 is 1.62 bits per heavy atom. The first kappa shape index (κ1) is 10.0. The van der Waals surface area contributed by atoms with Crippen LogP contribution in [0.25, 0.3) is 0 Å². The van der Waals surface area contributed by atoms with Crippen molar-refractivity contribution >= 4 is 11.8 Å². The number of alkyl halides is 2. The average molecular weight is 192 g/mol. The summed E-state index contributed by atoms with van der Waals surface area (Å²) < 4.78 is 23.5. The molecule has 6 heteroatoms. The number of imide groups is 1. The molecule has 74 valence electrons. The summed E-state index contributed by atoms with van der Waals surface area (Å²) in [6.07, 6.45) is -2.53. The van der Waals surface area contributed by atoms with E-state index in [9.17, 15) is 18.4 Å². The molecule has 0 bridgehead atoms. The normalized spacial score (nSPS) is 23.4. The first-order valence-corrected chi connectivity index (χ1v) is 3.84. The Labute approximate surface area is 73.9 Å². The maximum Gasteiger partial charge on any atom is 0.250 e. The molecule has 4 nitrogen and oxygen atoms in total. The second-order valence-electron chi connectivity index (χ2n) is 2.85. The fourth-order valence-corrected chi connectivity index (χ4v) is 1.15. The minimum absolute atomic E-state index is 0.0257. The average Bonchev–Trinajstić information content (AvgIpc) is 2.29. The summed E-state index contributed by atoms with van der Waals surface area (Å²) in [7, 11) is 1.34. The lowest BCUT2D eigenvalue weighted by molar-refractivity contribution is -0.137. The first-order chi connectivity index (χ1) is 6.02. The predicted molar refractivity (Wildman–Crippen MR) is 40.2 cm³/mol. The zero-order chi connectivity index (χ0) is 10.0. The molecule has 0 radical (unpaired) electrons. The maximum atomic E-state index is 11.7. The number of carbonyl (C=O) groups excluding carboxylic acids is 2. The van der Waals surface area contributed by atoms with Gasteiger partial charge in [-0.1, -0.05) is 0 Å². The highest BCUT2D eigenvalue weighted by molar-refractivity contribution is 6.05. The molecule has 1 aliphatic heterocycles. The number of carbonyl (C=O) groups is 2. The number of nitrogens with one attached hydrogen (secondary N) is 1. The second kappa shape index (κ2) is 3.78. The van der Waals surface area contributed by atoms with E-state index in [0.29, 0.717) is 0 Å². The molecule has 0 aromatic heterocycles. The van der Waals surface area contributed by atoms with Crippen molar-refractivity contribution in [2.24, 2.45) is 0 Å². The number of likely N-dealkylation sites (N-methyl/N-ethyl adjacent to an activating group) is 1. The van der Waals surface area contributed by atoms with E-state index in [1.165, 1.54) is 7.05 Å². The maximum absolute atomic E-state index is 11.7. The number of halogens is 2. The van der Waals surface area contributed by atoms with E-state index in [1.54, 1.807) is 0 Å². The van der Waals surface area contributed by atoms with Crippen molar-refractivity contribution in [3.63, 3.8) is 0 Å². The van der Waals surface area contributed by atoms with Gasteiger partial charge in [-0.15, -0.1) is 0 Å². The van der Waals surface area contributed by atoms with Crippen molar-refractivity contribution in [2.45, 2.75) is 18.9 Å². The van der Waals surface area contributed by atoms with Gasteiger partial charge in [0.25, 0.3) is 6.43 Å². The number of likely N-dealkylation sites (tertiary alicyclic amines) is 1. The monoisotopic (exact) mass is 192 g/mol. The molecule has 1 unspecified atom stereocenters. The molecule has 2 amide bonds.